The largest absolute Gasteiger partial charge is 0.416 e. The van der Waals surface area contributed by atoms with E-state index >= 15 is 0 Å². The number of alkyl halides is 3. The number of anilines is 3. The molecule has 2 aromatic rings. The second-order valence-electron chi connectivity index (χ2n) is 6.83. The van der Waals surface area contributed by atoms with Crippen LogP contribution in [0, 0.1) is 6.92 Å². The summed E-state index contributed by atoms with van der Waals surface area (Å²) in [4.78, 5) is 9.01. The number of halogens is 3. The highest BCUT2D eigenvalue weighted by Gasteiger charge is 2.33. The number of hydrogen-bond acceptors (Lipinski definition) is 4. The van der Waals surface area contributed by atoms with Crippen LogP contribution in [0.1, 0.15) is 55.8 Å². The molecule has 0 unspecified atom stereocenters. The molecule has 7 heteroatoms. The lowest BCUT2D eigenvalue weighted by atomic mass is 10.1. The van der Waals surface area contributed by atoms with Gasteiger partial charge in [-0.25, -0.2) is 4.98 Å². The first-order chi connectivity index (χ1) is 12.3. The van der Waals surface area contributed by atoms with Gasteiger partial charge in [-0.15, -0.1) is 0 Å². The second kappa shape index (κ2) is 7.13. The predicted octanol–water partition coefficient (Wildman–Crippen LogP) is 5.64. The summed E-state index contributed by atoms with van der Waals surface area (Å²) in [6.45, 7) is 5.57. The first-order valence-corrected chi connectivity index (χ1v) is 8.87. The highest BCUT2D eigenvalue weighted by molar-refractivity contribution is 5.63. The molecule has 0 aliphatic heterocycles. The lowest BCUT2D eigenvalue weighted by Crippen LogP contribution is -2.17. The Hall–Kier alpha value is -2.31. The van der Waals surface area contributed by atoms with Gasteiger partial charge in [-0.2, -0.15) is 18.2 Å². The van der Waals surface area contributed by atoms with Crippen molar-refractivity contribution in [1.29, 1.82) is 0 Å². The van der Waals surface area contributed by atoms with Gasteiger partial charge < -0.3 is 10.6 Å². The van der Waals surface area contributed by atoms with Crippen LogP contribution in [0.5, 0.6) is 0 Å². The number of hydrogen-bond donors (Lipinski definition) is 2. The van der Waals surface area contributed by atoms with E-state index in [1.807, 2.05) is 13.0 Å². The third kappa shape index (κ3) is 4.26. The quantitative estimate of drug-likeness (QED) is 0.697. The molecule has 0 bridgehead atoms. The number of nitrogens with one attached hydrogen (secondary N) is 2. The van der Waals surface area contributed by atoms with E-state index in [1.165, 1.54) is 13.0 Å². The lowest BCUT2D eigenvalue weighted by Gasteiger charge is -2.17. The van der Waals surface area contributed by atoms with Gasteiger partial charge in [0.05, 0.1) is 11.3 Å². The van der Waals surface area contributed by atoms with Gasteiger partial charge in [-0.1, -0.05) is 13.0 Å². The van der Waals surface area contributed by atoms with Gasteiger partial charge in [-0.3, -0.25) is 0 Å². The molecular formula is C19H23F3N4. The van der Waals surface area contributed by atoms with Gasteiger partial charge in [0.2, 0.25) is 5.95 Å². The van der Waals surface area contributed by atoms with Gasteiger partial charge >= 0.3 is 6.18 Å². The topological polar surface area (TPSA) is 49.8 Å². The van der Waals surface area contributed by atoms with E-state index in [9.17, 15) is 13.2 Å². The Bertz CT molecular complexity index is 785. The van der Waals surface area contributed by atoms with E-state index < -0.39 is 11.7 Å². The van der Waals surface area contributed by atoms with Crippen LogP contribution >= 0.6 is 0 Å². The van der Waals surface area contributed by atoms with E-state index in [2.05, 4.69) is 27.5 Å². The summed E-state index contributed by atoms with van der Waals surface area (Å²) in [6, 6.07) is 6.17. The maximum absolute atomic E-state index is 13.1. The van der Waals surface area contributed by atoms with Crippen LogP contribution in [0.2, 0.25) is 0 Å². The van der Waals surface area contributed by atoms with E-state index in [-0.39, 0.29) is 11.6 Å². The van der Waals surface area contributed by atoms with Gasteiger partial charge in [-0.05, 0) is 50.8 Å². The normalized spacial score (nSPS) is 15.6. The fraction of sp³-hybridized carbons (Fsp3) is 0.474. The Morgan fingerprint density at radius 3 is 2.58 bits per heavy atom. The zero-order valence-electron chi connectivity index (χ0n) is 15.1. The van der Waals surface area contributed by atoms with E-state index in [0.29, 0.717) is 23.4 Å². The molecule has 4 nitrogen and oxygen atoms in total. The van der Waals surface area contributed by atoms with Crippen LogP contribution < -0.4 is 10.6 Å². The monoisotopic (exact) mass is 364 g/mol. The van der Waals surface area contributed by atoms with Crippen molar-refractivity contribution in [1.82, 2.24) is 9.97 Å². The Labute approximate surface area is 151 Å². The third-order valence-electron chi connectivity index (χ3n) is 4.63. The minimum absolute atomic E-state index is 0.156. The molecule has 1 heterocycles. The first-order valence-electron chi connectivity index (χ1n) is 8.87. The number of aromatic nitrogens is 2. The molecule has 140 valence electrons. The van der Waals surface area contributed by atoms with Gasteiger partial charge in [0.15, 0.2) is 0 Å². The molecule has 2 N–H and O–H groups in total. The molecular weight excluding hydrogens is 341 g/mol. The van der Waals surface area contributed by atoms with Crippen LogP contribution in [0.15, 0.2) is 24.3 Å². The van der Waals surface area contributed by atoms with Gasteiger partial charge in [0, 0.05) is 23.7 Å². The van der Waals surface area contributed by atoms with Crippen LogP contribution in [-0.2, 0) is 6.18 Å². The van der Waals surface area contributed by atoms with Gasteiger partial charge in [0.25, 0.3) is 0 Å². The molecule has 1 aliphatic rings. The highest BCUT2D eigenvalue weighted by atomic mass is 19.4. The maximum Gasteiger partial charge on any atom is 0.416 e. The number of nitrogens with zero attached hydrogens (tertiary/aromatic N) is 2. The Balaban J connectivity index is 1.92. The predicted molar refractivity (Wildman–Crippen MR) is 96.8 cm³/mol. The van der Waals surface area contributed by atoms with E-state index in [0.717, 1.165) is 31.0 Å². The average Bonchev–Trinajstić information content (AvgIpc) is 3.40. The summed E-state index contributed by atoms with van der Waals surface area (Å²) in [5.74, 6) is 1.43. The molecule has 0 saturated heterocycles. The lowest BCUT2D eigenvalue weighted by molar-refractivity contribution is -0.138. The third-order valence-corrected chi connectivity index (χ3v) is 4.63. The van der Waals surface area contributed by atoms with Crippen LogP contribution in [0.3, 0.4) is 0 Å². The van der Waals surface area contributed by atoms with Crippen molar-refractivity contribution in [3.05, 3.63) is 41.1 Å². The average molecular weight is 364 g/mol. The maximum atomic E-state index is 13.1. The van der Waals surface area contributed by atoms with E-state index in [1.54, 1.807) is 6.07 Å². The molecule has 1 aromatic carbocycles. The smallest absolute Gasteiger partial charge is 0.352 e. The van der Waals surface area contributed by atoms with Crippen molar-refractivity contribution >= 4 is 17.5 Å². The molecule has 3 rings (SSSR count). The molecule has 1 aromatic heterocycles. The van der Waals surface area contributed by atoms with Crippen molar-refractivity contribution in [2.45, 2.75) is 58.2 Å². The molecule has 1 fully saturated rings. The second-order valence-corrected chi connectivity index (χ2v) is 6.83. The van der Waals surface area contributed by atoms with E-state index in [4.69, 9.17) is 0 Å². The fourth-order valence-electron chi connectivity index (χ4n) is 2.72. The summed E-state index contributed by atoms with van der Waals surface area (Å²) >= 11 is 0. The van der Waals surface area contributed by atoms with Crippen molar-refractivity contribution in [3.8, 4) is 0 Å². The van der Waals surface area contributed by atoms with Crippen molar-refractivity contribution in [3.63, 3.8) is 0 Å². The molecule has 1 aliphatic carbocycles. The van der Waals surface area contributed by atoms with Crippen LogP contribution in [0.25, 0.3) is 0 Å². The summed E-state index contributed by atoms with van der Waals surface area (Å²) in [6.07, 6.45) is -1.29. The molecule has 1 saturated carbocycles. The van der Waals surface area contributed by atoms with Crippen LogP contribution in [-0.4, -0.2) is 16.0 Å². The van der Waals surface area contributed by atoms with Gasteiger partial charge in [0.1, 0.15) is 5.82 Å². The number of rotatable bonds is 6. The van der Waals surface area contributed by atoms with Crippen molar-refractivity contribution < 1.29 is 13.2 Å². The van der Waals surface area contributed by atoms with Crippen molar-refractivity contribution in [2.75, 3.05) is 10.6 Å². The molecule has 26 heavy (non-hydrogen) atoms. The minimum Gasteiger partial charge on any atom is -0.352 e. The Kier molecular flexibility index (Phi) is 5.07. The Morgan fingerprint density at radius 2 is 1.96 bits per heavy atom. The molecule has 1 atom stereocenters. The summed E-state index contributed by atoms with van der Waals surface area (Å²) in [7, 11) is 0. The summed E-state index contributed by atoms with van der Waals surface area (Å²) in [5, 5.41) is 6.30. The van der Waals surface area contributed by atoms with Crippen LogP contribution in [0.4, 0.5) is 30.6 Å². The number of benzene rings is 1. The highest BCUT2D eigenvalue weighted by Crippen LogP contribution is 2.40. The molecule has 0 spiro atoms. The first kappa shape index (κ1) is 18.5. The Morgan fingerprint density at radius 1 is 1.23 bits per heavy atom. The minimum atomic E-state index is -4.38. The zero-order valence-corrected chi connectivity index (χ0v) is 15.1. The standard InChI is InChI=1S/C19H23F3N4/c1-4-11(2)23-18-25-16(13-8-9-13)10-17(26-18)24-15-7-5-6-14(12(15)3)19(20,21)22/h5-7,10-11,13H,4,8-9H2,1-3H3,(H2,23,24,25,26)/t11-/m1/s1. The molecule has 0 amide bonds. The fourth-order valence-corrected chi connectivity index (χ4v) is 2.72. The summed E-state index contributed by atoms with van der Waals surface area (Å²) < 4.78 is 39.4. The van der Waals surface area contributed by atoms with Crippen molar-refractivity contribution in [2.24, 2.45) is 0 Å². The molecule has 0 radical (unpaired) electrons. The zero-order chi connectivity index (χ0) is 18.9. The SMILES string of the molecule is CC[C@@H](C)Nc1nc(Nc2cccc(C(F)(F)F)c2C)cc(C2CC2)n1. The summed E-state index contributed by atoms with van der Waals surface area (Å²) in [5.41, 5.74) is 0.840.